The zero-order valence-electron chi connectivity index (χ0n) is 13.4. The minimum Gasteiger partial charge on any atom is -0.454 e. The van der Waals surface area contributed by atoms with E-state index in [1.165, 1.54) is 0 Å². The second kappa shape index (κ2) is 6.78. The lowest BCUT2D eigenvalue weighted by Crippen LogP contribution is -2.56. The zero-order chi connectivity index (χ0) is 17.1. The van der Waals surface area contributed by atoms with Gasteiger partial charge in [0, 0.05) is 31.7 Å². The Morgan fingerprint density at radius 3 is 2.50 bits per heavy atom. The third-order valence-corrected chi connectivity index (χ3v) is 4.15. The number of rotatable bonds is 6. The van der Waals surface area contributed by atoms with Crippen molar-refractivity contribution in [1.29, 1.82) is 0 Å². The van der Waals surface area contributed by atoms with Crippen LogP contribution in [0.4, 0.5) is 0 Å². The van der Waals surface area contributed by atoms with E-state index >= 15 is 0 Å². The summed E-state index contributed by atoms with van der Waals surface area (Å²) >= 11 is 0. The Balaban J connectivity index is 1.59. The summed E-state index contributed by atoms with van der Waals surface area (Å²) in [6.07, 6.45) is 3.38. The van der Waals surface area contributed by atoms with E-state index in [1.807, 2.05) is 0 Å². The van der Waals surface area contributed by atoms with E-state index in [0.717, 1.165) is 0 Å². The Bertz CT molecular complexity index is 670. The molecule has 1 aromatic rings. The molecule has 3 rings (SSSR count). The van der Waals surface area contributed by atoms with E-state index in [1.54, 1.807) is 40.2 Å². The molecule has 6 heteroatoms. The van der Waals surface area contributed by atoms with E-state index in [4.69, 9.17) is 9.47 Å². The molecule has 6 nitrogen and oxygen atoms in total. The van der Waals surface area contributed by atoms with E-state index < -0.39 is 0 Å². The fraction of sp³-hybridized carbons (Fsp3) is 0.333. The molecule has 0 unspecified atom stereocenters. The largest absolute Gasteiger partial charge is 0.454 e. The van der Waals surface area contributed by atoms with Crippen molar-refractivity contribution in [2.45, 2.75) is 0 Å². The van der Waals surface area contributed by atoms with Crippen LogP contribution in [0.5, 0.6) is 11.5 Å². The predicted octanol–water partition coefficient (Wildman–Crippen LogP) is 1.69. The van der Waals surface area contributed by atoms with Crippen molar-refractivity contribution in [3.05, 3.63) is 49.1 Å². The number of hydrogen-bond donors (Lipinski definition) is 0. The van der Waals surface area contributed by atoms with E-state index in [-0.39, 0.29) is 24.5 Å². The SMILES string of the molecule is C=CCN(CC=C)C(=O)C1CN(C(=O)c2ccc3c(c2)OCO3)C1. The van der Waals surface area contributed by atoms with Crippen molar-refractivity contribution < 1.29 is 19.1 Å². The number of ether oxygens (including phenoxy) is 2. The summed E-state index contributed by atoms with van der Waals surface area (Å²) in [5, 5.41) is 0. The smallest absolute Gasteiger partial charge is 0.254 e. The van der Waals surface area contributed by atoms with Crippen LogP contribution in [0.2, 0.25) is 0 Å². The van der Waals surface area contributed by atoms with Gasteiger partial charge in [-0.25, -0.2) is 0 Å². The summed E-state index contributed by atoms with van der Waals surface area (Å²) in [6, 6.07) is 5.13. The number of amides is 2. The third-order valence-electron chi connectivity index (χ3n) is 4.15. The normalized spacial score (nSPS) is 15.6. The van der Waals surface area contributed by atoms with Gasteiger partial charge in [-0.3, -0.25) is 9.59 Å². The van der Waals surface area contributed by atoms with Gasteiger partial charge in [0.15, 0.2) is 11.5 Å². The molecular formula is C18H20N2O4. The van der Waals surface area contributed by atoms with Crippen molar-refractivity contribution in [3.63, 3.8) is 0 Å². The molecule has 1 fully saturated rings. The van der Waals surface area contributed by atoms with Crippen LogP contribution in [0.25, 0.3) is 0 Å². The summed E-state index contributed by atoms with van der Waals surface area (Å²) in [4.78, 5) is 28.3. The van der Waals surface area contributed by atoms with Gasteiger partial charge in [0.2, 0.25) is 12.7 Å². The van der Waals surface area contributed by atoms with Crippen LogP contribution in [-0.2, 0) is 4.79 Å². The lowest BCUT2D eigenvalue weighted by Gasteiger charge is -2.40. The van der Waals surface area contributed by atoms with Crippen LogP contribution in [0.3, 0.4) is 0 Å². The second-order valence-electron chi connectivity index (χ2n) is 5.80. The molecule has 1 saturated heterocycles. The van der Waals surface area contributed by atoms with E-state index in [9.17, 15) is 9.59 Å². The summed E-state index contributed by atoms with van der Waals surface area (Å²) in [5.41, 5.74) is 0.541. The number of carbonyl (C=O) groups excluding carboxylic acids is 2. The van der Waals surface area contributed by atoms with Crippen LogP contribution >= 0.6 is 0 Å². The number of carbonyl (C=O) groups is 2. The maximum absolute atomic E-state index is 12.5. The minimum atomic E-state index is -0.164. The fourth-order valence-electron chi connectivity index (χ4n) is 2.84. The molecule has 1 aromatic carbocycles. The number of fused-ring (bicyclic) bond motifs is 1. The van der Waals surface area contributed by atoms with Gasteiger partial charge in [-0.05, 0) is 18.2 Å². The van der Waals surface area contributed by atoms with Crippen LogP contribution in [-0.4, -0.2) is 54.6 Å². The third kappa shape index (κ3) is 2.99. The average molecular weight is 328 g/mol. The summed E-state index contributed by atoms with van der Waals surface area (Å²) in [7, 11) is 0. The molecule has 0 aromatic heterocycles. The predicted molar refractivity (Wildman–Crippen MR) is 88.9 cm³/mol. The first kappa shape index (κ1) is 16.1. The highest BCUT2D eigenvalue weighted by Gasteiger charge is 2.38. The van der Waals surface area contributed by atoms with Crippen molar-refractivity contribution in [1.82, 2.24) is 9.80 Å². The number of benzene rings is 1. The van der Waals surface area contributed by atoms with E-state index in [2.05, 4.69) is 13.2 Å². The van der Waals surface area contributed by atoms with Crippen molar-refractivity contribution in [3.8, 4) is 11.5 Å². The molecule has 2 heterocycles. The van der Waals surface area contributed by atoms with Crippen LogP contribution in [0.15, 0.2) is 43.5 Å². The standard InChI is InChI=1S/C18H20N2O4/c1-3-7-19(8-4-2)18(22)14-10-20(11-14)17(21)13-5-6-15-16(9-13)24-12-23-15/h3-6,9,14H,1-2,7-8,10-12H2. The molecule has 0 spiro atoms. The quantitative estimate of drug-likeness (QED) is 0.746. The molecule has 24 heavy (non-hydrogen) atoms. The molecule has 0 N–H and O–H groups in total. The van der Waals surface area contributed by atoms with Gasteiger partial charge in [0.05, 0.1) is 5.92 Å². The van der Waals surface area contributed by atoms with E-state index in [0.29, 0.717) is 43.2 Å². The van der Waals surface area contributed by atoms with Gasteiger partial charge >= 0.3 is 0 Å². The van der Waals surface area contributed by atoms with Gasteiger partial charge in [-0.15, -0.1) is 13.2 Å². The minimum absolute atomic E-state index is 0.0320. The highest BCUT2D eigenvalue weighted by Crippen LogP contribution is 2.33. The summed E-state index contributed by atoms with van der Waals surface area (Å²) in [6.45, 7) is 9.33. The Morgan fingerprint density at radius 2 is 1.83 bits per heavy atom. The van der Waals surface area contributed by atoms with Gasteiger partial charge in [-0.1, -0.05) is 12.2 Å². The van der Waals surface area contributed by atoms with Crippen LogP contribution in [0, 0.1) is 5.92 Å². The Labute approximate surface area is 140 Å². The van der Waals surface area contributed by atoms with Crippen LogP contribution in [0.1, 0.15) is 10.4 Å². The molecule has 2 amide bonds. The maximum Gasteiger partial charge on any atom is 0.254 e. The lowest BCUT2D eigenvalue weighted by atomic mass is 9.97. The van der Waals surface area contributed by atoms with Crippen molar-refractivity contribution in [2.75, 3.05) is 33.0 Å². The lowest BCUT2D eigenvalue weighted by molar-refractivity contribution is -0.138. The first-order valence-corrected chi connectivity index (χ1v) is 7.83. The van der Waals surface area contributed by atoms with Crippen molar-refractivity contribution >= 4 is 11.8 Å². The second-order valence-corrected chi connectivity index (χ2v) is 5.80. The topological polar surface area (TPSA) is 59.1 Å². The molecule has 2 aliphatic heterocycles. The summed E-state index contributed by atoms with van der Waals surface area (Å²) in [5.74, 6) is 0.994. The average Bonchev–Trinajstić information content (AvgIpc) is 3.00. The van der Waals surface area contributed by atoms with Gasteiger partial charge in [-0.2, -0.15) is 0 Å². The zero-order valence-corrected chi connectivity index (χ0v) is 13.4. The molecule has 126 valence electrons. The molecule has 0 radical (unpaired) electrons. The molecular weight excluding hydrogens is 308 g/mol. The fourth-order valence-corrected chi connectivity index (χ4v) is 2.84. The highest BCUT2D eigenvalue weighted by atomic mass is 16.7. The number of likely N-dealkylation sites (tertiary alicyclic amines) is 1. The molecule has 0 aliphatic carbocycles. The Morgan fingerprint density at radius 1 is 1.17 bits per heavy atom. The van der Waals surface area contributed by atoms with Gasteiger partial charge < -0.3 is 19.3 Å². The Kier molecular flexibility index (Phi) is 4.55. The molecule has 0 bridgehead atoms. The molecule has 2 aliphatic rings. The van der Waals surface area contributed by atoms with Crippen molar-refractivity contribution in [2.24, 2.45) is 5.92 Å². The monoisotopic (exact) mass is 328 g/mol. The highest BCUT2D eigenvalue weighted by molar-refractivity contribution is 5.96. The summed E-state index contributed by atoms with van der Waals surface area (Å²) < 4.78 is 10.5. The van der Waals surface area contributed by atoms with Crippen LogP contribution < -0.4 is 9.47 Å². The number of nitrogens with zero attached hydrogens (tertiary/aromatic N) is 2. The first-order valence-electron chi connectivity index (χ1n) is 7.83. The number of hydrogen-bond acceptors (Lipinski definition) is 4. The van der Waals surface area contributed by atoms with Gasteiger partial charge in [0.1, 0.15) is 0 Å². The molecule has 0 saturated carbocycles. The molecule has 0 atom stereocenters. The Hall–Kier alpha value is -2.76. The maximum atomic E-state index is 12.5. The van der Waals surface area contributed by atoms with Gasteiger partial charge in [0.25, 0.3) is 5.91 Å². The first-order chi connectivity index (χ1) is 11.6.